The summed E-state index contributed by atoms with van der Waals surface area (Å²) in [6, 6.07) is 0.617. The molecular weight excluding hydrogens is 250 g/mol. The largest absolute Gasteiger partial charge is 0.329 e. The van der Waals surface area contributed by atoms with Crippen LogP contribution in [0.1, 0.15) is 20.8 Å². The van der Waals surface area contributed by atoms with Crippen molar-refractivity contribution < 1.29 is 0 Å². The standard InChI is InChI=1S/C15H35N5/c1-4-18-9-11-19(12-10-18)13-14-20(15(2)3)8-7-17-6-5-16/h15,17H,4-14,16H2,1-3H3. The van der Waals surface area contributed by atoms with E-state index in [9.17, 15) is 0 Å². The van der Waals surface area contributed by atoms with Crippen molar-refractivity contribution in [2.75, 3.05) is 72.0 Å². The molecular formula is C15H35N5. The second-order valence-electron chi connectivity index (χ2n) is 5.94. The number of nitrogens with two attached hydrogens (primary N) is 1. The van der Waals surface area contributed by atoms with Crippen LogP contribution in [-0.2, 0) is 0 Å². The molecule has 20 heavy (non-hydrogen) atoms. The topological polar surface area (TPSA) is 47.8 Å². The molecule has 0 spiro atoms. The van der Waals surface area contributed by atoms with Gasteiger partial charge in [-0.3, -0.25) is 9.80 Å². The zero-order valence-corrected chi connectivity index (χ0v) is 13.8. The van der Waals surface area contributed by atoms with Crippen LogP contribution >= 0.6 is 0 Å². The maximum atomic E-state index is 5.50. The lowest BCUT2D eigenvalue weighted by Gasteiger charge is -2.36. The van der Waals surface area contributed by atoms with Crippen molar-refractivity contribution in [3.63, 3.8) is 0 Å². The van der Waals surface area contributed by atoms with E-state index in [-0.39, 0.29) is 0 Å². The van der Waals surface area contributed by atoms with E-state index < -0.39 is 0 Å². The average molecular weight is 285 g/mol. The predicted octanol–water partition coefficient (Wildman–Crippen LogP) is -0.117. The molecule has 0 aromatic rings. The molecule has 1 aliphatic rings. The second-order valence-corrected chi connectivity index (χ2v) is 5.94. The fourth-order valence-electron chi connectivity index (χ4n) is 2.68. The van der Waals surface area contributed by atoms with E-state index in [0.717, 1.165) is 26.2 Å². The maximum absolute atomic E-state index is 5.50. The van der Waals surface area contributed by atoms with Crippen LogP contribution in [0.15, 0.2) is 0 Å². The van der Waals surface area contributed by atoms with E-state index in [1.54, 1.807) is 0 Å². The third-order valence-electron chi connectivity index (χ3n) is 4.24. The van der Waals surface area contributed by atoms with Gasteiger partial charge >= 0.3 is 0 Å². The monoisotopic (exact) mass is 285 g/mol. The van der Waals surface area contributed by atoms with Crippen molar-refractivity contribution in [2.24, 2.45) is 5.73 Å². The fraction of sp³-hybridized carbons (Fsp3) is 1.00. The predicted molar refractivity (Wildman–Crippen MR) is 87.2 cm³/mol. The Morgan fingerprint density at radius 1 is 1.05 bits per heavy atom. The Morgan fingerprint density at radius 2 is 1.70 bits per heavy atom. The molecule has 1 saturated heterocycles. The van der Waals surface area contributed by atoms with Crippen molar-refractivity contribution in [1.82, 2.24) is 20.0 Å². The van der Waals surface area contributed by atoms with Gasteiger partial charge < -0.3 is 16.0 Å². The van der Waals surface area contributed by atoms with Crippen LogP contribution in [0.25, 0.3) is 0 Å². The minimum absolute atomic E-state index is 0.617. The Kier molecular flexibility index (Phi) is 9.39. The molecule has 0 amide bonds. The van der Waals surface area contributed by atoms with E-state index >= 15 is 0 Å². The first-order valence-electron chi connectivity index (χ1n) is 8.27. The van der Waals surface area contributed by atoms with Crippen LogP contribution < -0.4 is 11.1 Å². The van der Waals surface area contributed by atoms with Crippen LogP contribution in [0.2, 0.25) is 0 Å². The SMILES string of the molecule is CCN1CCN(CCN(CCNCCN)C(C)C)CC1. The van der Waals surface area contributed by atoms with Crippen LogP contribution in [0.5, 0.6) is 0 Å². The summed E-state index contributed by atoms with van der Waals surface area (Å²) in [6.45, 7) is 19.1. The Morgan fingerprint density at radius 3 is 2.25 bits per heavy atom. The Balaban J connectivity index is 2.18. The zero-order valence-electron chi connectivity index (χ0n) is 13.8. The molecule has 0 aliphatic carbocycles. The molecule has 0 atom stereocenters. The molecule has 1 aliphatic heterocycles. The van der Waals surface area contributed by atoms with E-state index in [4.69, 9.17) is 5.73 Å². The van der Waals surface area contributed by atoms with Crippen molar-refractivity contribution >= 4 is 0 Å². The quantitative estimate of drug-likeness (QED) is 0.548. The third-order valence-corrected chi connectivity index (χ3v) is 4.24. The summed E-state index contributed by atoms with van der Waals surface area (Å²) < 4.78 is 0. The van der Waals surface area contributed by atoms with Gasteiger partial charge in [0.2, 0.25) is 0 Å². The summed E-state index contributed by atoms with van der Waals surface area (Å²) in [6.07, 6.45) is 0. The summed E-state index contributed by atoms with van der Waals surface area (Å²) in [4.78, 5) is 7.71. The van der Waals surface area contributed by atoms with Crippen molar-refractivity contribution in [3.05, 3.63) is 0 Å². The lowest BCUT2D eigenvalue weighted by atomic mass is 10.2. The number of rotatable bonds is 10. The first-order chi connectivity index (χ1) is 9.67. The molecule has 5 nitrogen and oxygen atoms in total. The van der Waals surface area contributed by atoms with Crippen molar-refractivity contribution in [2.45, 2.75) is 26.8 Å². The summed E-state index contributed by atoms with van der Waals surface area (Å²) in [7, 11) is 0. The number of nitrogens with zero attached hydrogens (tertiary/aromatic N) is 3. The minimum atomic E-state index is 0.617. The molecule has 120 valence electrons. The smallest absolute Gasteiger partial charge is 0.0113 e. The number of piperazine rings is 1. The van der Waals surface area contributed by atoms with Gasteiger partial charge in [-0.2, -0.15) is 0 Å². The summed E-state index contributed by atoms with van der Waals surface area (Å²) in [5.74, 6) is 0. The van der Waals surface area contributed by atoms with Gasteiger partial charge in [0.25, 0.3) is 0 Å². The molecule has 0 bridgehead atoms. The Hall–Kier alpha value is -0.200. The molecule has 0 radical (unpaired) electrons. The molecule has 0 saturated carbocycles. The first-order valence-corrected chi connectivity index (χ1v) is 8.27. The number of hydrogen-bond acceptors (Lipinski definition) is 5. The van der Waals surface area contributed by atoms with Gasteiger partial charge in [-0.25, -0.2) is 0 Å². The molecule has 5 heteroatoms. The zero-order chi connectivity index (χ0) is 14.8. The highest BCUT2D eigenvalue weighted by Gasteiger charge is 2.16. The summed E-state index contributed by atoms with van der Waals surface area (Å²) in [5, 5.41) is 3.38. The number of likely N-dealkylation sites (N-methyl/N-ethyl adjacent to an activating group) is 1. The van der Waals surface area contributed by atoms with Gasteiger partial charge in [0.15, 0.2) is 0 Å². The van der Waals surface area contributed by atoms with E-state index in [1.807, 2.05) is 0 Å². The normalized spacial score (nSPS) is 18.3. The van der Waals surface area contributed by atoms with E-state index in [1.165, 1.54) is 45.8 Å². The van der Waals surface area contributed by atoms with Crippen molar-refractivity contribution in [1.29, 1.82) is 0 Å². The Labute approximate surface area is 125 Å². The van der Waals surface area contributed by atoms with Crippen LogP contribution in [0.3, 0.4) is 0 Å². The van der Waals surface area contributed by atoms with Gasteiger partial charge in [0, 0.05) is 71.5 Å². The molecule has 3 N–H and O–H groups in total. The molecule has 1 rings (SSSR count). The number of hydrogen-bond donors (Lipinski definition) is 2. The lowest BCUT2D eigenvalue weighted by molar-refractivity contribution is 0.115. The summed E-state index contributed by atoms with van der Waals surface area (Å²) in [5.41, 5.74) is 5.50. The first kappa shape index (κ1) is 17.9. The van der Waals surface area contributed by atoms with Gasteiger partial charge in [-0.1, -0.05) is 6.92 Å². The van der Waals surface area contributed by atoms with Crippen molar-refractivity contribution in [3.8, 4) is 0 Å². The van der Waals surface area contributed by atoms with Gasteiger partial charge in [-0.15, -0.1) is 0 Å². The fourth-order valence-corrected chi connectivity index (χ4v) is 2.68. The summed E-state index contributed by atoms with van der Waals surface area (Å²) >= 11 is 0. The maximum Gasteiger partial charge on any atom is 0.0113 e. The highest BCUT2D eigenvalue weighted by molar-refractivity contribution is 4.73. The molecule has 1 fully saturated rings. The lowest BCUT2D eigenvalue weighted by Crippen LogP contribution is -2.49. The van der Waals surface area contributed by atoms with Crippen LogP contribution in [0.4, 0.5) is 0 Å². The highest BCUT2D eigenvalue weighted by atomic mass is 15.3. The molecule has 0 unspecified atom stereocenters. The number of nitrogens with one attached hydrogen (secondary N) is 1. The second kappa shape index (κ2) is 10.5. The average Bonchev–Trinajstić information content (AvgIpc) is 2.46. The highest BCUT2D eigenvalue weighted by Crippen LogP contribution is 2.03. The third kappa shape index (κ3) is 6.99. The van der Waals surface area contributed by atoms with Gasteiger partial charge in [-0.05, 0) is 20.4 Å². The molecule has 0 aromatic carbocycles. The van der Waals surface area contributed by atoms with Crippen LogP contribution in [0, 0.1) is 0 Å². The van der Waals surface area contributed by atoms with E-state index in [2.05, 4.69) is 40.8 Å². The van der Waals surface area contributed by atoms with E-state index in [0.29, 0.717) is 6.04 Å². The minimum Gasteiger partial charge on any atom is -0.329 e. The van der Waals surface area contributed by atoms with Crippen LogP contribution in [-0.4, -0.2) is 92.7 Å². The molecule has 0 aromatic heterocycles. The Bertz CT molecular complexity index is 226. The van der Waals surface area contributed by atoms with Gasteiger partial charge in [0.1, 0.15) is 0 Å². The molecule has 1 heterocycles. The van der Waals surface area contributed by atoms with Gasteiger partial charge in [0.05, 0.1) is 0 Å².